The van der Waals surface area contributed by atoms with E-state index in [1.165, 1.54) is 39.2 Å². The van der Waals surface area contributed by atoms with E-state index in [-0.39, 0.29) is 6.09 Å². The minimum absolute atomic E-state index is 0.230. The highest BCUT2D eigenvalue weighted by atomic mass is 16.5. The Kier molecular flexibility index (Phi) is 11.1. The molecule has 2 N–H and O–H groups in total. The van der Waals surface area contributed by atoms with E-state index in [4.69, 9.17) is 14.5 Å². The number of unbranched alkanes of at least 4 members (excludes halogenated alkanes) is 2. The highest BCUT2D eigenvalue weighted by molar-refractivity contribution is 5.80. The Bertz CT molecular complexity index is 459. The van der Waals surface area contributed by atoms with Crippen LogP contribution in [0.1, 0.15) is 71.1 Å². The van der Waals surface area contributed by atoms with Crippen LogP contribution in [-0.2, 0) is 9.47 Å². The maximum atomic E-state index is 11.6. The Morgan fingerprint density at radius 2 is 1.82 bits per heavy atom. The predicted molar refractivity (Wildman–Crippen MR) is 113 cm³/mol. The van der Waals surface area contributed by atoms with Crippen molar-refractivity contribution in [2.75, 3.05) is 39.9 Å². The van der Waals surface area contributed by atoms with Crippen LogP contribution in [-0.4, -0.2) is 69.0 Å². The first-order chi connectivity index (χ1) is 13.7. The third kappa shape index (κ3) is 8.67. The summed E-state index contributed by atoms with van der Waals surface area (Å²) in [6.45, 7) is 6.11. The van der Waals surface area contributed by atoms with Crippen molar-refractivity contribution >= 4 is 12.1 Å². The number of methoxy groups -OCH3 is 1. The molecular weight excluding hydrogens is 356 g/mol. The standard InChI is InChI=1S/C21H40N4O3/c1-3-22-20(24-18-12-15-25(16-13-18)21(26)27-2)23-14-8-5-9-17-28-19-10-6-4-7-11-19/h18-19H,3-17H2,1-2H3,(H2,22,23,24). The second kappa shape index (κ2) is 13.6. The van der Waals surface area contributed by atoms with Crippen molar-refractivity contribution in [1.82, 2.24) is 15.5 Å². The lowest BCUT2D eigenvalue weighted by molar-refractivity contribution is 0.0264. The molecule has 0 bridgehead atoms. The highest BCUT2D eigenvalue weighted by Crippen LogP contribution is 2.20. The van der Waals surface area contributed by atoms with Crippen molar-refractivity contribution in [1.29, 1.82) is 0 Å². The lowest BCUT2D eigenvalue weighted by Crippen LogP contribution is -2.49. The summed E-state index contributed by atoms with van der Waals surface area (Å²) >= 11 is 0. The van der Waals surface area contributed by atoms with Gasteiger partial charge in [-0.1, -0.05) is 19.3 Å². The molecule has 0 aromatic carbocycles. The first kappa shape index (κ1) is 22.8. The van der Waals surface area contributed by atoms with E-state index in [0.29, 0.717) is 12.1 Å². The van der Waals surface area contributed by atoms with Gasteiger partial charge < -0.3 is 25.0 Å². The number of piperidine rings is 1. The Morgan fingerprint density at radius 3 is 2.50 bits per heavy atom. The van der Waals surface area contributed by atoms with Crippen LogP contribution in [0.5, 0.6) is 0 Å². The third-order valence-corrected chi connectivity index (χ3v) is 5.59. The molecule has 1 saturated carbocycles. The van der Waals surface area contributed by atoms with E-state index in [1.54, 1.807) is 4.90 Å². The van der Waals surface area contributed by atoms with Crippen molar-refractivity contribution in [3.05, 3.63) is 0 Å². The van der Waals surface area contributed by atoms with Crippen LogP contribution in [0, 0.1) is 0 Å². The lowest BCUT2D eigenvalue weighted by Gasteiger charge is -2.32. The number of carbonyl (C=O) groups is 1. The first-order valence-corrected chi connectivity index (χ1v) is 11.2. The summed E-state index contributed by atoms with van der Waals surface area (Å²) in [6.07, 6.45) is 12.0. The molecule has 0 spiro atoms. The molecule has 0 unspecified atom stereocenters. The molecule has 2 fully saturated rings. The van der Waals surface area contributed by atoms with Crippen LogP contribution in [0.4, 0.5) is 4.79 Å². The molecule has 2 rings (SSSR count). The molecule has 1 saturated heterocycles. The summed E-state index contributed by atoms with van der Waals surface area (Å²) in [5.74, 6) is 0.887. The molecule has 1 aliphatic carbocycles. The molecule has 1 aliphatic heterocycles. The molecule has 28 heavy (non-hydrogen) atoms. The van der Waals surface area contributed by atoms with Gasteiger partial charge in [-0.15, -0.1) is 0 Å². The molecule has 162 valence electrons. The van der Waals surface area contributed by atoms with Gasteiger partial charge in [0.25, 0.3) is 0 Å². The molecule has 1 heterocycles. The maximum Gasteiger partial charge on any atom is 0.409 e. The minimum atomic E-state index is -0.230. The average Bonchev–Trinajstić information content (AvgIpc) is 2.74. The number of nitrogens with one attached hydrogen (secondary N) is 2. The number of hydrogen-bond acceptors (Lipinski definition) is 4. The predicted octanol–water partition coefficient (Wildman–Crippen LogP) is 3.29. The summed E-state index contributed by atoms with van der Waals surface area (Å²) in [5.41, 5.74) is 0. The fourth-order valence-electron chi connectivity index (χ4n) is 3.91. The Labute approximate surface area is 170 Å². The third-order valence-electron chi connectivity index (χ3n) is 5.59. The van der Waals surface area contributed by atoms with Crippen LogP contribution >= 0.6 is 0 Å². The van der Waals surface area contributed by atoms with Gasteiger partial charge >= 0.3 is 6.09 Å². The molecule has 0 aromatic heterocycles. The Balaban J connectivity index is 1.57. The zero-order valence-electron chi connectivity index (χ0n) is 17.9. The number of carbonyl (C=O) groups excluding carboxylic acids is 1. The van der Waals surface area contributed by atoms with Crippen molar-refractivity contribution in [3.63, 3.8) is 0 Å². The van der Waals surface area contributed by atoms with Crippen LogP contribution in [0.3, 0.4) is 0 Å². The quantitative estimate of drug-likeness (QED) is 0.355. The second-order valence-corrected chi connectivity index (χ2v) is 7.83. The van der Waals surface area contributed by atoms with Crippen molar-refractivity contribution in [2.24, 2.45) is 4.99 Å². The SMILES string of the molecule is CCNC(=NCCCCCOC1CCCCC1)NC1CCN(C(=O)OC)CC1. The normalized spacial score (nSPS) is 19.5. The van der Waals surface area contributed by atoms with E-state index in [2.05, 4.69) is 17.6 Å². The maximum absolute atomic E-state index is 11.6. The first-order valence-electron chi connectivity index (χ1n) is 11.2. The van der Waals surface area contributed by atoms with Gasteiger partial charge in [0.1, 0.15) is 0 Å². The number of ether oxygens (including phenoxy) is 2. The molecule has 7 nitrogen and oxygen atoms in total. The summed E-state index contributed by atoms with van der Waals surface area (Å²) < 4.78 is 10.8. The highest BCUT2D eigenvalue weighted by Gasteiger charge is 2.23. The Morgan fingerprint density at radius 1 is 1.07 bits per heavy atom. The van der Waals surface area contributed by atoms with Crippen LogP contribution in [0.25, 0.3) is 0 Å². The van der Waals surface area contributed by atoms with Crippen molar-refractivity contribution in [3.8, 4) is 0 Å². The number of likely N-dealkylation sites (tertiary alicyclic amines) is 1. The Hall–Kier alpha value is -1.50. The van der Waals surface area contributed by atoms with E-state index in [0.717, 1.165) is 70.8 Å². The van der Waals surface area contributed by atoms with Crippen molar-refractivity contribution in [2.45, 2.75) is 83.3 Å². The van der Waals surface area contributed by atoms with Crippen molar-refractivity contribution < 1.29 is 14.3 Å². The fraction of sp³-hybridized carbons (Fsp3) is 0.905. The number of amides is 1. The summed E-state index contributed by atoms with van der Waals surface area (Å²) in [7, 11) is 1.44. The van der Waals surface area contributed by atoms with Gasteiger partial charge in [-0.2, -0.15) is 0 Å². The van der Waals surface area contributed by atoms with Crippen LogP contribution in [0.2, 0.25) is 0 Å². The van der Waals surface area contributed by atoms with Gasteiger partial charge in [-0.25, -0.2) is 4.79 Å². The molecule has 7 heteroatoms. The largest absolute Gasteiger partial charge is 0.453 e. The topological polar surface area (TPSA) is 75.2 Å². The number of guanidine groups is 1. The number of rotatable bonds is 9. The number of hydrogen-bond donors (Lipinski definition) is 2. The zero-order chi connectivity index (χ0) is 20.0. The lowest BCUT2D eigenvalue weighted by atomic mass is 9.98. The smallest absolute Gasteiger partial charge is 0.409 e. The molecule has 0 atom stereocenters. The molecular formula is C21H40N4O3. The van der Waals surface area contributed by atoms with Gasteiger partial charge in [0, 0.05) is 38.8 Å². The summed E-state index contributed by atoms with van der Waals surface area (Å²) in [6, 6.07) is 0.350. The van der Waals surface area contributed by atoms with E-state index < -0.39 is 0 Å². The minimum Gasteiger partial charge on any atom is -0.453 e. The van der Waals surface area contributed by atoms with Gasteiger partial charge in [0.05, 0.1) is 13.2 Å². The average molecular weight is 397 g/mol. The number of aliphatic imine (C=N–C) groups is 1. The molecule has 1 amide bonds. The summed E-state index contributed by atoms with van der Waals surface area (Å²) in [5, 5.41) is 6.84. The number of nitrogens with zero attached hydrogens (tertiary/aromatic N) is 2. The van der Waals surface area contributed by atoms with E-state index in [9.17, 15) is 4.79 Å². The summed E-state index contributed by atoms with van der Waals surface area (Å²) in [4.78, 5) is 18.1. The monoisotopic (exact) mass is 396 g/mol. The molecule has 2 aliphatic rings. The van der Waals surface area contributed by atoms with E-state index >= 15 is 0 Å². The van der Waals surface area contributed by atoms with Crippen LogP contribution in [0.15, 0.2) is 4.99 Å². The van der Waals surface area contributed by atoms with Gasteiger partial charge in [0.15, 0.2) is 5.96 Å². The molecule has 0 radical (unpaired) electrons. The van der Waals surface area contributed by atoms with Gasteiger partial charge in [-0.05, 0) is 51.9 Å². The van der Waals surface area contributed by atoms with E-state index in [1.807, 2.05) is 0 Å². The second-order valence-electron chi connectivity index (χ2n) is 7.83. The van der Waals surface area contributed by atoms with Gasteiger partial charge in [0.2, 0.25) is 0 Å². The van der Waals surface area contributed by atoms with Gasteiger partial charge in [-0.3, -0.25) is 4.99 Å². The zero-order valence-corrected chi connectivity index (χ0v) is 17.9. The fourth-order valence-corrected chi connectivity index (χ4v) is 3.91. The van der Waals surface area contributed by atoms with Crippen LogP contribution < -0.4 is 10.6 Å². The molecule has 0 aromatic rings.